The van der Waals surface area contributed by atoms with E-state index in [1.54, 1.807) is 6.20 Å². The highest BCUT2D eigenvalue weighted by Gasteiger charge is 2.19. The summed E-state index contributed by atoms with van der Waals surface area (Å²) in [6, 6.07) is 3.88. The van der Waals surface area contributed by atoms with Gasteiger partial charge in [-0.05, 0) is 25.8 Å². The monoisotopic (exact) mass is 296 g/mol. The summed E-state index contributed by atoms with van der Waals surface area (Å²) in [5.41, 5.74) is 9.64. The molecule has 0 aliphatic carbocycles. The van der Waals surface area contributed by atoms with Gasteiger partial charge in [-0.15, -0.1) is 0 Å². The second-order valence-electron chi connectivity index (χ2n) is 5.79. The van der Waals surface area contributed by atoms with Crippen LogP contribution in [0.2, 0.25) is 0 Å². The largest absolute Gasteiger partial charge is 0.383 e. The Hall–Kier alpha value is -2.50. The maximum Gasteiger partial charge on any atom is 0.164 e. The zero-order valence-corrected chi connectivity index (χ0v) is 13.3. The summed E-state index contributed by atoms with van der Waals surface area (Å²) in [5.74, 6) is 1.59. The summed E-state index contributed by atoms with van der Waals surface area (Å²) in [4.78, 5) is 17.8. The van der Waals surface area contributed by atoms with Crippen LogP contribution >= 0.6 is 0 Å². The van der Waals surface area contributed by atoms with Gasteiger partial charge in [-0.1, -0.05) is 19.9 Å². The average molecular weight is 296 g/mol. The van der Waals surface area contributed by atoms with Crippen molar-refractivity contribution in [3.05, 3.63) is 41.7 Å². The molecule has 3 aromatic rings. The Morgan fingerprint density at radius 2 is 1.91 bits per heavy atom. The number of rotatable bonds is 3. The van der Waals surface area contributed by atoms with Crippen molar-refractivity contribution in [1.82, 2.24) is 24.5 Å². The molecule has 1 atom stereocenters. The molecule has 0 saturated heterocycles. The number of pyridine rings is 1. The van der Waals surface area contributed by atoms with Crippen molar-refractivity contribution in [1.29, 1.82) is 0 Å². The van der Waals surface area contributed by atoms with E-state index in [4.69, 9.17) is 5.73 Å². The van der Waals surface area contributed by atoms with Crippen LogP contribution in [0.3, 0.4) is 0 Å². The molecule has 0 spiro atoms. The summed E-state index contributed by atoms with van der Waals surface area (Å²) >= 11 is 0. The minimum Gasteiger partial charge on any atom is -0.383 e. The first-order valence-corrected chi connectivity index (χ1v) is 7.40. The topological polar surface area (TPSA) is 82.5 Å². The minimum absolute atomic E-state index is 0.00742. The van der Waals surface area contributed by atoms with Crippen LogP contribution in [0.15, 0.2) is 24.7 Å². The Labute approximate surface area is 129 Å². The Balaban J connectivity index is 2.18. The highest BCUT2D eigenvalue weighted by molar-refractivity contribution is 5.74. The molecule has 0 aliphatic heterocycles. The van der Waals surface area contributed by atoms with Gasteiger partial charge in [0.15, 0.2) is 5.65 Å². The molecule has 6 nitrogen and oxygen atoms in total. The second-order valence-corrected chi connectivity index (χ2v) is 5.79. The normalized spacial score (nSPS) is 13.0. The number of imidazole rings is 1. The molecule has 0 aliphatic rings. The van der Waals surface area contributed by atoms with Crippen LogP contribution in [-0.2, 0) is 0 Å². The Bertz CT molecular complexity index is 821. The third-order valence-corrected chi connectivity index (χ3v) is 3.85. The molecular formula is C16H20N6. The summed E-state index contributed by atoms with van der Waals surface area (Å²) in [6.45, 7) is 8.21. The van der Waals surface area contributed by atoms with Crippen LogP contribution in [0.5, 0.6) is 0 Å². The van der Waals surface area contributed by atoms with Crippen LogP contribution in [0.25, 0.3) is 11.2 Å². The van der Waals surface area contributed by atoms with E-state index >= 15 is 0 Å². The lowest BCUT2D eigenvalue weighted by Gasteiger charge is -2.16. The van der Waals surface area contributed by atoms with Crippen molar-refractivity contribution in [2.24, 2.45) is 0 Å². The molecule has 2 N–H and O–H groups in total. The smallest absolute Gasteiger partial charge is 0.164 e. The lowest BCUT2D eigenvalue weighted by atomic mass is 10.1. The lowest BCUT2D eigenvalue weighted by molar-refractivity contribution is 0.650. The molecule has 1 unspecified atom stereocenters. The third-order valence-electron chi connectivity index (χ3n) is 3.85. The minimum atomic E-state index is 0.00742. The van der Waals surface area contributed by atoms with Gasteiger partial charge in [-0.25, -0.2) is 19.9 Å². The fraction of sp³-hybridized carbons (Fsp3) is 0.375. The van der Waals surface area contributed by atoms with E-state index in [2.05, 4.69) is 40.7 Å². The number of aryl methyl sites for hydroxylation is 1. The standard InChI is InChI=1S/C16H20N6/c1-9(2)13-14-16(21-11(4)20-13)22(8-19-14)10(3)12-6-5-7-18-15(12)17/h5-10H,1-4H3,(H2,17,18). The molecule has 0 radical (unpaired) electrons. The van der Waals surface area contributed by atoms with Gasteiger partial charge in [0.2, 0.25) is 0 Å². The van der Waals surface area contributed by atoms with E-state index < -0.39 is 0 Å². The molecule has 3 aromatic heterocycles. The molecule has 0 bridgehead atoms. The van der Waals surface area contributed by atoms with Gasteiger partial charge in [0.25, 0.3) is 0 Å². The highest BCUT2D eigenvalue weighted by Crippen LogP contribution is 2.27. The van der Waals surface area contributed by atoms with Crippen molar-refractivity contribution in [3.8, 4) is 0 Å². The molecule has 0 aromatic carbocycles. The van der Waals surface area contributed by atoms with E-state index in [0.717, 1.165) is 28.2 Å². The number of anilines is 1. The maximum absolute atomic E-state index is 6.00. The van der Waals surface area contributed by atoms with E-state index in [9.17, 15) is 0 Å². The molecule has 6 heteroatoms. The first-order chi connectivity index (χ1) is 10.5. The molecule has 0 amide bonds. The Morgan fingerprint density at radius 1 is 1.14 bits per heavy atom. The van der Waals surface area contributed by atoms with E-state index in [0.29, 0.717) is 11.7 Å². The van der Waals surface area contributed by atoms with E-state index in [1.807, 2.05) is 30.0 Å². The molecule has 22 heavy (non-hydrogen) atoms. The Morgan fingerprint density at radius 3 is 2.59 bits per heavy atom. The van der Waals surface area contributed by atoms with Crippen LogP contribution < -0.4 is 5.73 Å². The summed E-state index contributed by atoms with van der Waals surface area (Å²) in [6.07, 6.45) is 3.50. The molecule has 0 saturated carbocycles. The van der Waals surface area contributed by atoms with Gasteiger partial charge < -0.3 is 10.3 Å². The number of hydrogen-bond acceptors (Lipinski definition) is 5. The first-order valence-electron chi connectivity index (χ1n) is 7.40. The fourth-order valence-electron chi connectivity index (χ4n) is 2.67. The fourth-order valence-corrected chi connectivity index (χ4v) is 2.67. The number of hydrogen-bond donors (Lipinski definition) is 1. The number of aromatic nitrogens is 5. The van der Waals surface area contributed by atoms with Crippen molar-refractivity contribution in [2.45, 2.75) is 39.7 Å². The van der Waals surface area contributed by atoms with Gasteiger partial charge in [-0.2, -0.15) is 0 Å². The molecular weight excluding hydrogens is 276 g/mol. The molecule has 3 heterocycles. The van der Waals surface area contributed by atoms with Crippen LogP contribution in [-0.4, -0.2) is 24.5 Å². The Kier molecular flexibility index (Phi) is 3.52. The number of nitrogens with two attached hydrogens (primary N) is 1. The third kappa shape index (κ3) is 2.30. The van der Waals surface area contributed by atoms with Gasteiger partial charge >= 0.3 is 0 Å². The summed E-state index contributed by atoms with van der Waals surface area (Å²) in [7, 11) is 0. The maximum atomic E-state index is 6.00. The van der Waals surface area contributed by atoms with Gasteiger partial charge in [0.05, 0.1) is 18.1 Å². The number of nitrogens with zero attached hydrogens (tertiary/aromatic N) is 5. The van der Waals surface area contributed by atoms with Gasteiger partial charge in [0, 0.05) is 11.8 Å². The van der Waals surface area contributed by atoms with E-state index in [-0.39, 0.29) is 6.04 Å². The molecule has 114 valence electrons. The zero-order chi connectivity index (χ0) is 15.9. The van der Waals surface area contributed by atoms with Crippen LogP contribution in [0, 0.1) is 6.92 Å². The van der Waals surface area contributed by atoms with Crippen LogP contribution in [0.1, 0.15) is 49.8 Å². The quantitative estimate of drug-likeness (QED) is 0.803. The summed E-state index contributed by atoms with van der Waals surface area (Å²) < 4.78 is 2.03. The van der Waals surface area contributed by atoms with Crippen molar-refractivity contribution >= 4 is 17.0 Å². The number of nitrogen functional groups attached to an aromatic ring is 1. The average Bonchev–Trinajstić information content (AvgIpc) is 2.89. The SMILES string of the molecule is Cc1nc(C(C)C)c2ncn(C(C)c3cccnc3N)c2n1. The van der Waals surface area contributed by atoms with Crippen molar-refractivity contribution in [2.75, 3.05) is 5.73 Å². The van der Waals surface area contributed by atoms with Crippen molar-refractivity contribution in [3.63, 3.8) is 0 Å². The molecule has 0 fully saturated rings. The van der Waals surface area contributed by atoms with Crippen molar-refractivity contribution < 1.29 is 0 Å². The highest BCUT2D eigenvalue weighted by atomic mass is 15.1. The predicted octanol–water partition coefficient (Wildman–Crippen LogP) is 2.84. The molecule has 3 rings (SSSR count). The van der Waals surface area contributed by atoms with Crippen LogP contribution in [0.4, 0.5) is 5.82 Å². The lowest BCUT2D eigenvalue weighted by Crippen LogP contribution is -2.10. The van der Waals surface area contributed by atoms with Gasteiger partial charge in [-0.3, -0.25) is 0 Å². The second kappa shape index (κ2) is 5.36. The first kappa shape index (κ1) is 14.4. The predicted molar refractivity (Wildman–Crippen MR) is 86.6 cm³/mol. The van der Waals surface area contributed by atoms with Gasteiger partial charge in [0.1, 0.15) is 17.2 Å². The zero-order valence-electron chi connectivity index (χ0n) is 13.3. The summed E-state index contributed by atoms with van der Waals surface area (Å²) in [5, 5.41) is 0. The number of fused-ring (bicyclic) bond motifs is 1. The van der Waals surface area contributed by atoms with E-state index in [1.165, 1.54) is 0 Å².